The van der Waals surface area contributed by atoms with Gasteiger partial charge in [-0.05, 0) is 12.8 Å². The molecule has 2 unspecified atom stereocenters. The Labute approximate surface area is 175 Å². The van der Waals surface area contributed by atoms with Crippen molar-refractivity contribution < 1.29 is 18.9 Å². The molecule has 2 rings (SSSR count). The number of hydrogen-bond donors (Lipinski definition) is 0. The van der Waals surface area contributed by atoms with E-state index < -0.39 is 0 Å². The van der Waals surface area contributed by atoms with Gasteiger partial charge in [-0.1, -0.05) is 90.9 Å². The van der Waals surface area contributed by atoms with Crippen molar-refractivity contribution in [3.05, 3.63) is 0 Å². The molecule has 0 aliphatic carbocycles. The van der Waals surface area contributed by atoms with Crippen molar-refractivity contribution in [2.24, 2.45) is 0 Å². The monoisotopic (exact) mass is 400 g/mol. The van der Waals surface area contributed by atoms with E-state index in [1.54, 1.807) is 0 Å². The number of epoxide rings is 2. The Morgan fingerprint density at radius 2 is 0.857 bits per heavy atom. The topological polar surface area (TPSA) is 43.5 Å². The Morgan fingerprint density at radius 3 is 1.18 bits per heavy atom. The molecule has 2 fully saturated rings. The summed E-state index contributed by atoms with van der Waals surface area (Å²) in [7, 11) is 0. The molecule has 0 bridgehead atoms. The van der Waals surface area contributed by atoms with E-state index in [1.165, 1.54) is 89.9 Å². The molecule has 4 nitrogen and oxygen atoms in total. The first-order valence-corrected chi connectivity index (χ1v) is 12.3. The lowest BCUT2D eigenvalue weighted by Gasteiger charge is -2.02. The molecule has 2 aliphatic heterocycles. The van der Waals surface area contributed by atoms with Crippen LogP contribution in [0.5, 0.6) is 0 Å². The van der Waals surface area contributed by atoms with E-state index in [4.69, 9.17) is 18.9 Å². The molecule has 0 N–H and O–H groups in total. The summed E-state index contributed by atoms with van der Waals surface area (Å²) in [5.74, 6) is 0. The molecular formula is C24H48O4. The van der Waals surface area contributed by atoms with Crippen molar-refractivity contribution in [1.82, 2.24) is 0 Å². The zero-order valence-corrected chi connectivity index (χ0v) is 18.9. The minimum atomic E-state index is 0.430. The average molecular weight is 401 g/mol. The second-order valence-electron chi connectivity index (χ2n) is 8.30. The van der Waals surface area contributed by atoms with Crippen molar-refractivity contribution in [2.75, 3.05) is 39.6 Å². The first-order chi connectivity index (χ1) is 13.9. The molecule has 0 aromatic rings. The van der Waals surface area contributed by atoms with Crippen LogP contribution >= 0.6 is 0 Å². The van der Waals surface area contributed by atoms with Gasteiger partial charge in [-0.2, -0.15) is 0 Å². The van der Waals surface area contributed by atoms with E-state index in [0.29, 0.717) is 12.2 Å². The first-order valence-electron chi connectivity index (χ1n) is 12.3. The summed E-state index contributed by atoms with van der Waals surface area (Å²) in [5.41, 5.74) is 0. The number of ether oxygens (including phenoxy) is 4. The molecule has 168 valence electrons. The van der Waals surface area contributed by atoms with E-state index >= 15 is 0 Å². The van der Waals surface area contributed by atoms with Crippen LogP contribution in [0.4, 0.5) is 0 Å². The molecule has 0 amide bonds. The van der Waals surface area contributed by atoms with Crippen LogP contribution in [0.25, 0.3) is 0 Å². The molecule has 2 atom stereocenters. The van der Waals surface area contributed by atoms with Gasteiger partial charge in [0.25, 0.3) is 0 Å². The average Bonchev–Trinajstić information content (AvgIpc) is 3.61. The summed E-state index contributed by atoms with van der Waals surface area (Å²) < 4.78 is 21.0. The van der Waals surface area contributed by atoms with Crippen LogP contribution in [-0.4, -0.2) is 51.8 Å². The Morgan fingerprint density at radius 1 is 0.536 bits per heavy atom. The fourth-order valence-electron chi connectivity index (χ4n) is 3.08. The van der Waals surface area contributed by atoms with Crippen LogP contribution in [0.1, 0.15) is 104 Å². The minimum Gasteiger partial charge on any atom is -0.379 e. The lowest BCUT2D eigenvalue weighted by Crippen LogP contribution is -2.02. The number of rotatable bonds is 20. The van der Waals surface area contributed by atoms with Gasteiger partial charge in [0.1, 0.15) is 12.2 Å². The second kappa shape index (κ2) is 20.1. The van der Waals surface area contributed by atoms with Crippen LogP contribution in [0, 0.1) is 0 Å². The highest BCUT2D eigenvalue weighted by Gasteiger charge is 2.22. The standard InChI is InChI=1S/C13H26O2.C11H22O2/c1-2-3-4-5-6-7-8-9-10-14-11-13-12-15-13;1-2-3-4-5-6-7-8-12-9-11-10-13-11/h13H,2-12H2,1H3;11H,2-10H2,1H3. The summed E-state index contributed by atoms with van der Waals surface area (Å²) in [4.78, 5) is 0. The number of unbranched alkanes of at least 4 members (excludes halogenated alkanes) is 12. The van der Waals surface area contributed by atoms with Gasteiger partial charge < -0.3 is 18.9 Å². The molecule has 2 saturated heterocycles. The van der Waals surface area contributed by atoms with Gasteiger partial charge >= 0.3 is 0 Å². The Bertz CT molecular complexity index is 303. The van der Waals surface area contributed by atoms with Gasteiger partial charge in [-0.15, -0.1) is 0 Å². The van der Waals surface area contributed by atoms with Gasteiger partial charge in [-0.3, -0.25) is 0 Å². The second-order valence-corrected chi connectivity index (χ2v) is 8.30. The Balaban J connectivity index is 0.000000283. The predicted octanol–water partition coefficient (Wildman–Crippen LogP) is 6.30. The molecule has 0 spiro atoms. The van der Waals surface area contributed by atoms with Crippen LogP contribution < -0.4 is 0 Å². The Kier molecular flexibility index (Phi) is 18.6. The molecule has 4 heteroatoms. The fourth-order valence-corrected chi connectivity index (χ4v) is 3.08. The van der Waals surface area contributed by atoms with E-state index in [2.05, 4.69) is 13.8 Å². The largest absolute Gasteiger partial charge is 0.379 e. The maximum absolute atomic E-state index is 5.48. The summed E-state index contributed by atoms with van der Waals surface area (Å²) in [6.45, 7) is 9.82. The van der Waals surface area contributed by atoms with E-state index in [0.717, 1.165) is 39.6 Å². The predicted molar refractivity (Wildman–Crippen MR) is 117 cm³/mol. The smallest absolute Gasteiger partial charge is 0.104 e. The molecule has 28 heavy (non-hydrogen) atoms. The molecule has 2 aliphatic rings. The van der Waals surface area contributed by atoms with Gasteiger partial charge in [-0.25, -0.2) is 0 Å². The van der Waals surface area contributed by atoms with Gasteiger partial charge in [0.2, 0.25) is 0 Å². The van der Waals surface area contributed by atoms with E-state index in [-0.39, 0.29) is 0 Å². The summed E-state index contributed by atoms with van der Waals surface area (Å²) in [6.07, 6.45) is 19.8. The number of hydrogen-bond acceptors (Lipinski definition) is 4. The third kappa shape index (κ3) is 20.6. The fraction of sp³-hybridized carbons (Fsp3) is 1.00. The van der Waals surface area contributed by atoms with Crippen LogP contribution in [0.2, 0.25) is 0 Å². The normalized spacial score (nSPS) is 19.9. The highest BCUT2D eigenvalue weighted by molar-refractivity contribution is 4.67. The first kappa shape index (κ1) is 25.9. The van der Waals surface area contributed by atoms with E-state index in [9.17, 15) is 0 Å². The highest BCUT2D eigenvalue weighted by Crippen LogP contribution is 2.11. The van der Waals surface area contributed by atoms with Crippen molar-refractivity contribution in [3.8, 4) is 0 Å². The molecule has 0 aromatic carbocycles. The molecule has 2 heterocycles. The molecule has 0 aromatic heterocycles. The lowest BCUT2D eigenvalue weighted by atomic mass is 10.1. The minimum absolute atomic E-state index is 0.430. The van der Waals surface area contributed by atoms with Gasteiger partial charge in [0.15, 0.2) is 0 Å². The molecule has 0 saturated carbocycles. The van der Waals surface area contributed by atoms with Crippen LogP contribution in [0.3, 0.4) is 0 Å². The van der Waals surface area contributed by atoms with Crippen molar-refractivity contribution in [1.29, 1.82) is 0 Å². The lowest BCUT2D eigenvalue weighted by molar-refractivity contribution is 0.113. The highest BCUT2D eigenvalue weighted by atomic mass is 16.6. The summed E-state index contributed by atoms with van der Waals surface area (Å²) in [5, 5.41) is 0. The van der Waals surface area contributed by atoms with E-state index in [1.807, 2.05) is 0 Å². The summed E-state index contributed by atoms with van der Waals surface area (Å²) in [6, 6.07) is 0. The van der Waals surface area contributed by atoms with Crippen molar-refractivity contribution >= 4 is 0 Å². The maximum Gasteiger partial charge on any atom is 0.104 e. The zero-order chi connectivity index (χ0) is 20.1. The van der Waals surface area contributed by atoms with Gasteiger partial charge in [0, 0.05) is 13.2 Å². The van der Waals surface area contributed by atoms with Crippen molar-refractivity contribution in [2.45, 2.75) is 116 Å². The molecular weight excluding hydrogens is 352 g/mol. The molecule has 0 radical (unpaired) electrons. The van der Waals surface area contributed by atoms with Crippen molar-refractivity contribution in [3.63, 3.8) is 0 Å². The maximum atomic E-state index is 5.48. The third-order valence-electron chi connectivity index (χ3n) is 5.20. The SMILES string of the molecule is CCCCCCCCCCOCC1CO1.CCCCCCCCOCC1CO1. The van der Waals surface area contributed by atoms with Crippen LogP contribution in [0.15, 0.2) is 0 Å². The Hall–Kier alpha value is -0.160. The zero-order valence-electron chi connectivity index (χ0n) is 18.9. The third-order valence-corrected chi connectivity index (χ3v) is 5.20. The van der Waals surface area contributed by atoms with Gasteiger partial charge in [0.05, 0.1) is 26.4 Å². The summed E-state index contributed by atoms with van der Waals surface area (Å²) >= 11 is 0. The quantitative estimate of drug-likeness (QED) is 0.177. The van der Waals surface area contributed by atoms with Crippen LogP contribution in [-0.2, 0) is 18.9 Å².